The van der Waals surface area contributed by atoms with Gasteiger partial charge in [-0.15, -0.1) is 0 Å². The summed E-state index contributed by atoms with van der Waals surface area (Å²) in [6, 6.07) is 0. The van der Waals surface area contributed by atoms with Gasteiger partial charge < -0.3 is 15.5 Å². The Morgan fingerprint density at radius 2 is 2.00 bits per heavy atom. The van der Waals surface area contributed by atoms with Gasteiger partial charge in [0.15, 0.2) is 5.96 Å². The molecule has 14 heavy (non-hydrogen) atoms. The first-order valence-electron chi connectivity index (χ1n) is 5.62. The van der Waals surface area contributed by atoms with Gasteiger partial charge in [-0.2, -0.15) is 0 Å². The molecule has 1 spiro atoms. The van der Waals surface area contributed by atoms with Crippen LogP contribution in [0.15, 0.2) is 4.99 Å². The maximum absolute atomic E-state index is 4.47. The van der Waals surface area contributed by atoms with Crippen LogP contribution >= 0.6 is 0 Å². The Labute approximate surface area is 84.8 Å². The number of hydrogen-bond acceptors (Lipinski definition) is 4. The Morgan fingerprint density at radius 3 is 2.50 bits per heavy atom. The van der Waals surface area contributed by atoms with Gasteiger partial charge in [-0.3, -0.25) is 4.99 Å². The van der Waals surface area contributed by atoms with E-state index in [1.165, 1.54) is 39.0 Å². The Balaban J connectivity index is 1.59. The Kier molecular flexibility index (Phi) is 1.90. The molecule has 4 nitrogen and oxygen atoms in total. The molecular weight excluding hydrogens is 176 g/mol. The van der Waals surface area contributed by atoms with Crippen molar-refractivity contribution in [2.24, 2.45) is 10.4 Å². The molecule has 0 aromatic rings. The molecule has 3 rings (SSSR count). The second-order valence-corrected chi connectivity index (χ2v) is 4.72. The zero-order chi connectivity index (χ0) is 9.43. The summed E-state index contributed by atoms with van der Waals surface area (Å²) in [6.07, 6.45) is 2.67. The van der Waals surface area contributed by atoms with Crippen LogP contribution in [-0.4, -0.2) is 50.1 Å². The highest BCUT2D eigenvalue weighted by Crippen LogP contribution is 2.34. The third kappa shape index (κ3) is 1.29. The van der Waals surface area contributed by atoms with Gasteiger partial charge in [0.25, 0.3) is 0 Å². The fraction of sp³-hybridized carbons (Fsp3) is 0.900. The molecule has 0 saturated carbocycles. The topological polar surface area (TPSA) is 39.7 Å². The molecule has 3 aliphatic heterocycles. The van der Waals surface area contributed by atoms with E-state index in [0.29, 0.717) is 5.41 Å². The molecule has 2 saturated heterocycles. The van der Waals surface area contributed by atoms with E-state index in [-0.39, 0.29) is 0 Å². The minimum Gasteiger partial charge on any atom is -0.354 e. The van der Waals surface area contributed by atoms with Gasteiger partial charge in [0.2, 0.25) is 0 Å². The van der Waals surface area contributed by atoms with E-state index < -0.39 is 0 Å². The van der Waals surface area contributed by atoms with Gasteiger partial charge in [-0.25, -0.2) is 0 Å². The highest BCUT2D eigenvalue weighted by molar-refractivity contribution is 5.81. The molecule has 0 atom stereocenters. The SMILES string of the molecule is C1CNC(N2CCC3(CC2)CNC3)=N1. The molecule has 4 heteroatoms. The lowest BCUT2D eigenvalue weighted by Gasteiger charge is -2.48. The van der Waals surface area contributed by atoms with Crippen molar-refractivity contribution in [1.82, 2.24) is 15.5 Å². The molecular formula is C10H18N4. The second kappa shape index (κ2) is 3.12. The summed E-state index contributed by atoms with van der Waals surface area (Å²) >= 11 is 0. The lowest BCUT2D eigenvalue weighted by Crippen LogP contribution is -2.59. The van der Waals surface area contributed by atoms with Crippen LogP contribution in [0.4, 0.5) is 0 Å². The van der Waals surface area contributed by atoms with E-state index in [1.54, 1.807) is 0 Å². The lowest BCUT2D eigenvalue weighted by molar-refractivity contribution is 0.0818. The molecule has 3 aliphatic rings. The number of piperidine rings is 1. The first-order chi connectivity index (χ1) is 6.88. The highest BCUT2D eigenvalue weighted by Gasteiger charge is 2.40. The molecule has 2 N–H and O–H groups in total. The Morgan fingerprint density at radius 1 is 1.21 bits per heavy atom. The number of hydrogen-bond donors (Lipinski definition) is 2. The molecule has 0 unspecified atom stereocenters. The van der Waals surface area contributed by atoms with E-state index in [4.69, 9.17) is 0 Å². The largest absolute Gasteiger partial charge is 0.354 e. The van der Waals surface area contributed by atoms with Crippen LogP contribution in [0.2, 0.25) is 0 Å². The number of nitrogens with zero attached hydrogens (tertiary/aromatic N) is 2. The van der Waals surface area contributed by atoms with Crippen LogP contribution in [-0.2, 0) is 0 Å². The second-order valence-electron chi connectivity index (χ2n) is 4.72. The van der Waals surface area contributed by atoms with Crippen molar-refractivity contribution < 1.29 is 0 Å². The summed E-state index contributed by atoms with van der Waals surface area (Å²) in [5.41, 5.74) is 0.648. The standard InChI is InChI=1S/C10H18N4/c1-5-14(9-12-3-4-13-9)6-2-10(1)7-11-8-10/h11H,1-8H2,(H,12,13). The lowest BCUT2D eigenvalue weighted by atomic mass is 9.73. The van der Waals surface area contributed by atoms with Crippen molar-refractivity contribution in [3.8, 4) is 0 Å². The third-order valence-electron chi connectivity index (χ3n) is 3.78. The first-order valence-corrected chi connectivity index (χ1v) is 5.62. The van der Waals surface area contributed by atoms with Gasteiger partial charge in [0.1, 0.15) is 0 Å². The summed E-state index contributed by atoms with van der Waals surface area (Å²) in [6.45, 7) is 6.83. The summed E-state index contributed by atoms with van der Waals surface area (Å²) in [7, 11) is 0. The Bertz CT molecular complexity index is 247. The number of nitrogens with one attached hydrogen (secondary N) is 2. The zero-order valence-electron chi connectivity index (χ0n) is 8.55. The monoisotopic (exact) mass is 194 g/mol. The van der Waals surface area contributed by atoms with Crippen LogP contribution in [0.3, 0.4) is 0 Å². The van der Waals surface area contributed by atoms with Gasteiger partial charge in [0, 0.05) is 32.7 Å². The third-order valence-corrected chi connectivity index (χ3v) is 3.78. The molecule has 0 aliphatic carbocycles. The molecule has 78 valence electrons. The molecule has 2 fully saturated rings. The van der Waals surface area contributed by atoms with Crippen molar-refractivity contribution in [3.05, 3.63) is 0 Å². The molecule has 0 aromatic carbocycles. The normalized spacial score (nSPS) is 29.7. The van der Waals surface area contributed by atoms with Crippen LogP contribution in [0.1, 0.15) is 12.8 Å². The quantitative estimate of drug-likeness (QED) is 0.553. The number of guanidine groups is 1. The average molecular weight is 194 g/mol. The summed E-state index contributed by atoms with van der Waals surface area (Å²) in [5.74, 6) is 1.15. The highest BCUT2D eigenvalue weighted by atomic mass is 15.3. The van der Waals surface area contributed by atoms with Gasteiger partial charge in [0.05, 0.1) is 6.54 Å². The maximum Gasteiger partial charge on any atom is 0.194 e. The number of likely N-dealkylation sites (tertiary alicyclic amines) is 1. The van der Waals surface area contributed by atoms with Gasteiger partial charge in [-0.1, -0.05) is 0 Å². The summed E-state index contributed by atoms with van der Waals surface area (Å²) < 4.78 is 0. The van der Waals surface area contributed by atoms with Gasteiger partial charge >= 0.3 is 0 Å². The van der Waals surface area contributed by atoms with Crippen LogP contribution < -0.4 is 10.6 Å². The Hall–Kier alpha value is -0.770. The maximum atomic E-state index is 4.47. The smallest absolute Gasteiger partial charge is 0.194 e. The van der Waals surface area contributed by atoms with Crippen molar-refractivity contribution >= 4 is 5.96 Å². The fourth-order valence-electron chi connectivity index (χ4n) is 2.62. The van der Waals surface area contributed by atoms with Gasteiger partial charge in [-0.05, 0) is 18.3 Å². The molecule has 0 aromatic heterocycles. The zero-order valence-corrected chi connectivity index (χ0v) is 8.55. The number of aliphatic imine (C=N–C) groups is 1. The van der Waals surface area contributed by atoms with Crippen molar-refractivity contribution in [3.63, 3.8) is 0 Å². The van der Waals surface area contributed by atoms with Crippen LogP contribution in [0, 0.1) is 5.41 Å². The van der Waals surface area contributed by atoms with Crippen molar-refractivity contribution in [2.45, 2.75) is 12.8 Å². The first kappa shape index (κ1) is 8.53. The van der Waals surface area contributed by atoms with Crippen molar-refractivity contribution in [2.75, 3.05) is 39.3 Å². The minimum atomic E-state index is 0.648. The fourth-order valence-corrected chi connectivity index (χ4v) is 2.62. The molecule has 0 amide bonds. The minimum absolute atomic E-state index is 0.648. The average Bonchev–Trinajstić information content (AvgIpc) is 2.68. The number of rotatable bonds is 0. The van der Waals surface area contributed by atoms with Crippen LogP contribution in [0.5, 0.6) is 0 Å². The van der Waals surface area contributed by atoms with Crippen LogP contribution in [0.25, 0.3) is 0 Å². The van der Waals surface area contributed by atoms with E-state index in [2.05, 4.69) is 20.5 Å². The predicted molar refractivity (Wildman–Crippen MR) is 56.4 cm³/mol. The molecule has 3 heterocycles. The van der Waals surface area contributed by atoms with E-state index >= 15 is 0 Å². The summed E-state index contributed by atoms with van der Waals surface area (Å²) in [4.78, 5) is 6.88. The van der Waals surface area contributed by atoms with E-state index in [9.17, 15) is 0 Å². The molecule has 0 bridgehead atoms. The predicted octanol–water partition coefficient (Wildman–Crippen LogP) is -0.369. The van der Waals surface area contributed by atoms with Crippen molar-refractivity contribution in [1.29, 1.82) is 0 Å². The van der Waals surface area contributed by atoms with E-state index in [1.807, 2.05) is 0 Å². The van der Waals surface area contributed by atoms with E-state index in [0.717, 1.165) is 19.0 Å². The summed E-state index contributed by atoms with van der Waals surface area (Å²) in [5, 5.41) is 6.74. The molecule has 0 radical (unpaired) electrons.